The van der Waals surface area contributed by atoms with E-state index in [1.165, 1.54) is 0 Å². The molecular weight excluding hydrogens is 338 g/mol. The van der Waals surface area contributed by atoms with Gasteiger partial charge in [-0.3, -0.25) is 4.79 Å². The molecule has 0 spiro atoms. The first-order chi connectivity index (χ1) is 13.1. The van der Waals surface area contributed by atoms with Crippen molar-refractivity contribution in [2.75, 3.05) is 23.7 Å². The quantitative estimate of drug-likeness (QED) is 0.538. The second-order valence-corrected chi connectivity index (χ2v) is 6.31. The number of nitrogen functional groups attached to an aromatic ring is 3. The lowest BCUT2D eigenvalue weighted by Gasteiger charge is -2.21. The average Bonchev–Trinajstić information content (AvgIpc) is 2.69. The summed E-state index contributed by atoms with van der Waals surface area (Å²) in [4.78, 5) is 16.3. The SMILES string of the molecule is Nc1cc(C(CCNC(=O)c2ccccc2)c2ccccc2)c(N)c(N)n1. The maximum absolute atomic E-state index is 12.3. The number of hydrogen-bond acceptors (Lipinski definition) is 5. The summed E-state index contributed by atoms with van der Waals surface area (Å²) in [6.45, 7) is 0.481. The Balaban J connectivity index is 1.81. The fourth-order valence-electron chi connectivity index (χ4n) is 3.11. The molecule has 3 aromatic rings. The number of aromatic nitrogens is 1. The Hall–Kier alpha value is -3.54. The average molecular weight is 361 g/mol. The number of amides is 1. The highest BCUT2D eigenvalue weighted by Gasteiger charge is 2.19. The number of nitrogens with zero attached hydrogens (tertiary/aromatic N) is 1. The molecule has 0 fully saturated rings. The number of benzene rings is 2. The Labute approximate surface area is 158 Å². The van der Waals surface area contributed by atoms with E-state index in [1.54, 1.807) is 18.2 Å². The molecular formula is C21H23N5O. The van der Waals surface area contributed by atoms with Crippen molar-refractivity contribution < 1.29 is 4.79 Å². The third-order valence-electron chi connectivity index (χ3n) is 4.47. The predicted octanol–water partition coefficient (Wildman–Crippen LogP) is 2.78. The van der Waals surface area contributed by atoms with Crippen molar-refractivity contribution in [1.82, 2.24) is 10.3 Å². The standard InChI is InChI=1S/C21H23N5O/c22-18-13-17(19(23)20(24)26-18)16(14-7-3-1-4-8-14)11-12-25-21(27)15-9-5-2-6-10-15/h1-10,13,16H,11-12,23H2,(H,25,27)(H4,22,24,26). The van der Waals surface area contributed by atoms with E-state index in [2.05, 4.69) is 10.3 Å². The van der Waals surface area contributed by atoms with Gasteiger partial charge in [-0.05, 0) is 35.7 Å². The van der Waals surface area contributed by atoms with E-state index in [0.29, 0.717) is 30.0 Å². The molecule has 0 aliphatic heterocycles. The van der Waals surface area contributed by atoms with Crippen LogP contribution < -0.4 is 22.5 Å². The minimum Gasteiger partial charge on any atom is -0.396 e. The fourth-order valence-corrected chi connectivity index (χ4v) is 3.11. The first-order valence-electron chi connectivity index (χ1n) is 8.76. The first-order valence-corrected chi connectivity index (χ1v) is 8.76. The lowest BCUT2D eigenvalue weighted by atomic mass is 9.87. The van der Waals surface area contributed by atoms with Crippen LogP contribution in [-0.4, -0.2) is 17.4 Å². The van der Waals surface area contributed by atoms with Crippen LogP contribution in [0.5, 0.6) is 0 Å². The van der Waals surface area contributed by atoms with Gasteiger partial charge in [-0.15, -0.1) is 0 Å². The van der Waals surface area contributed by atoms with Crippen LogP contribution in [0.4, 0.5) is 17.3 Å². The van der Waals surface area contributed by atoms with Gasteiger partial charge in [0.1, 0.15) is 11.6 Å². The van der Waals surface area contributed by atoms with Gasteiger partial charge in [0.15, 0.2) is 0 Å². The number of rotatable bonds is 6. The van der Waals surface area contributed by atoms with E-state index >= 15 is 0 Å². The first kappa shape index (κ1) is 18.3. The van der Waals surface area contributed by atoms with Crippen molar-refractivity contribution in [1.29, 1.82) is 0 Å². The highest BCUT2D eigenvalue weighted by atomic mass is 16.1. The van der Waals surface area contributed by atoms with Crippen molar-refractivity contribution in [3.63, 3.8) is 0 Å². The number of anilines is 3. The molecule has 138 valence electrons. The third-order valence-corrected chi connectivity index (χ3v) is 4.47. The molecule has 7 N–H and O–H groups in total. The number of carbonyl (C=O) groups excluding carboxylic acids is 1. The van der Waals surface area contributed by atoms with Crippen LogP contribution in [0.3, 0.4) is 0 Å². The molecule has 6 nitrogen and oxygen atoms in total. The maximum Gasteiger partial charge on any atom is 0.251 e. The molecule has 27 heavy (non-hydrogen) atoms. The molecule has 1 aromatic heterocycles. The maximum atomic E-state index is 12.3. The summed E-state index contributed by atoms with van der Waals surface area (Å²) in [5, 5.41) is 2.96. The van der Waals surface area contributed by atoms with E-state index in [9.17, 15) is 4.79 Å². The fraction of sp³-hybridized carbons (Fsp3) is 0.143. The van der Waals surface area contributed by atoms with Gasteiger partial charge in [0.25, 0.3) is 5.91 Å². The summed E-state index contributed by atoms with van der Waals surface area (Å²) in [5.74, 6) is 0.379. The van der Waals surface area contributed by atoms with Crippen LogP contribution in [0.15, 0.2) is 66.7 Å². The van der Waals surface area contributed by atoms with Crippen molar-refractivity contribution in [2.45, 2.75) is 12.3 Å². The lowest BCUT2D eigenvalue weighted by molar-refractivity contribution is 0.0953. The number of nitrogens with two attached hydrogens (primary N) is 3. The van der Waals surface area contributed by atoms with Crippen LogP contribution >= 0.6 is 0 Å². The van der Waals surface area contributed by atoms with E-state index in [1.807, 2.05) is 48.5 Å². The molecule has 0 aliphatic rings. The highest BCUT2D eigenvalue weighted by molar-refractivity contribution is 5.94. The minimum absolute atomic E-state index is 0.0603. The van der Waals surface area contributed by atoms with Crippen molar-refractivity contribution in [3.8, 4) is 0 Å². The molecule has 0 radical (unpaired) electrons. The second kappa shape index (κ2) is 8.23. The molecule has 0 aliphatic carbocycles. The third kappa shape index (κ3) is 4.36. The Morgan fingerprint density at radius 2 is 1.59 bits per heavy atom. The molecule has 1 heterocycles. The molecule has 1 atom stereocenters. The van der Waals surface area contributed by atoms with Crippen LogP contribution in [0.25, 0.3) is 0 Å². The van der Waals surface area contributed by atoms with E-state index in [0.717, 1.165) is 11.1 Å². The molecule has 2 aromatic carbocycles. The summed E-state index contributed by atoms with van der Waals surface area (Å²) in [6.07, 6.45) is 0.648. The van der Waals surface area contributed by atoms with Crippen LogP contribution in [-0.2, 0) is 0 Å². The Morgan fingerprint density at radius 1 is 0.963 bits per heavy atom. The zero-order valence-electron chi connectivity index (χ0n) is 14.9. The van der Waals surface area contributed by atoms with E-state index in [-0.39, 0.29) is 17.6 Å². The number of nitrogens with one attached hydrogen (secondary N) is 1. The summed E-state index contributed by atoms with van der Waals surface area (Å²) in [5.41, 5.74) is 20.9. The summed E-state index contributed by atoms with van der Waals surface area (Å²) < 4.78 is 0. The molecule has 1 unspecified atom stereocenters. The van der Waals surface area contributed by atoms with Gasteiger partial charge in [-0.2, -0.15) is 0 Å². The van der Waals surface area contributed by atoms with Crippen LogP contribution in [0.1, 0.15) is 33.8 Å². The highest BCUT2D eigenvalue weighted by Crippen LogP contribution is 2.34. The second-order valence-electron chi connectivity index (χ2n) is 6.31. The van der Waals surface area contributed by atoms with Gasteiger partial charge >= 0.3 is 0 Å². The largest absolute Gasteiger partial charge is 0.396 e. The van der Waals surface area contributed by atoms with E-state index in [4.69, 9.17) is 17.2 Å². The van der Waals surface area contributed by atoms with Gasteiger partial charge in [-0.25, -0.2) is 4.98 Å². The number of carbonyl (C=O) groups is 1. The molecule has 0 saturated heterocycles. The topological polar surface area (TPSA) is 120 Å². The summed E-state index contributed by atoms with van der Waals surface area (Å²) in [7, 11) is 0. The van der Waals surface area contributed by atoms with Crippen molar-refractivity contribution >= 4 is 23.2 Å². The monoisotopic (exact) mass is 361 g/mol. The Bertz CT molecular complexity index is 913. The van der Waals surface area contributed by atoms with Crippen LogP contribution in [0, 0.1) is 0 Å². The summed E-state index contributed by atoms with van der Waals surface area (Å²) in [6, 6.07) is 20.8. The summed E-state index contributed by atoms with van der Waals surface area (Å²) >= 11 is 0. The molecule has 0 bridgehead atoms. The van der Waals surface area contributed by atoms with Gasteiger partial charge in [0.2, 0.25) is 0 Å². The normalized spacial score (nSPS) is 11.7. The van der Waals surface area contributed by atoms with Gasteiger partial charge in [0.05, 0.1) is 5.69 Å². The predicted molar refractivity (Wildman–Crippen MR) is 109 cm³/mol. The molecule has 6 heteroatoms. The van der Waals surface area contributed by atoms with Gasteiger partial charge < -0.3 is 22.5 Å². The number of pyridine rings is 1. The van der Waals surface area contributed by atoms with Crippen molar-refractivity contribution in [3.05, 3.63) is 83.4 Å². The zero-order chi connectivity index (χ0) is 19.2. The van der Waals surface area contributed by atoms with Gasteiger partial charge in [0, 0.05) is 18.0 Å². The van der Waals surface area contributed by atoms with Crippen molar-refractivity contribution in [2.24, 2.45) is 0 Å². The Morgan fingerprint density at radius 3 is 2.26 bits per heavy atom. The zero-order valence-corrected chi connectivity index (χ0v) is 14.9. The molecule has 0 saturated carbocycles. The molecule has 3 rings (SSSR count). The number of hydrogen-bond donors (Lipinski definition) is 4. The lowest BCUT2D eigenvalue weighted by Crippen LogP contribution is -2.26. The van der Waals surface area contributed by atoms with E-state index < -0.39 is 0 Å². The smallest absolute Gasteiger partial charge is 0.251 e. The van der Waals surface area contributed by atoms with Gasteiger partial charge in [-0.1, -0.05) is 48.5 Å². The molecule has 1 amide bonds. The van der Waals surface area contributed by atoms with Crippen LogP contribution in [0.2, 0.25) is 0 Å². The Kier molecular flexibility index (Phi) is 5.56. The minimum atomic E-state index is -0.107.